The third-order valence-electron chi connectivity index (χ3n) is 2.59. The van der Waals surface area contributed by atoms with Gasteiger partial charge in [0.05, 0.1) is 0 Å². The Bertz CT molecular complexity index is 550. The van der Waals surface area contributed by atoms with Crippen molar-refractivity contribution in [1.29, 1.82) is 0 Å². The fraction of sp³-hybridized carbons (Fsp3) is 0.214. The summed E-state index contributed by atoms with van der Waals surface area (Å²) in [6, 6.07) is 13.5. The fourth-order valence-corrected chi connectivity index (χ4v) is 1.61. The van der Waals surface area contributed by atoms with Gasteiger partial charge in [-0.25, -0.2) is 0 Å². The van der Waals surface area contributed by atoms with E-state index in [-0.39, 0.29) is 0 Å². The van der Waals surface area contributed by atoms with Gasteiger partial charge in [-0.3, -0.25) is 4.79 Å². The van der Waals surface area contributed by atoms with Crippen molar-refractivity contribution in [2.24, 2.45) is 0 Å². The monoisotopic (exact) mass is 229 g/mol. The van der Waals surface area contributed by atoms with Crippen molar-refractivity contribution in [1.82, 2.24) is 0 Å². The number of nitrogens with one attached hydrogen (secondary N) is 1. The van der Waals surface area contributed by atoms with Crippen LogP contribution in [0.2, 0.25) is 0 Å². The molecule has 2 rings (SSSR count). The number of carbonyl (C=O) groups excluding carboxylic acids is 1. The molecule has 0 saturated carbocycles. The lowest BCUT2D eigenvalue weighted by Crippen LogP contribution is -2.36. The van der Waals surface area contributed by atoms with E-state index in [4.69, 9.17) is 0 Å². The Morgan fingerprint density at radius 2 is 1.76 bits per heavy atom. The van der Waals surface area contributed by atoms with Crippen molar-refractivity contribution in [2.45, 2.75) is 19.4 Å². The zero-order valence-electron chi connectivity index (χ0n) is 9.90. The van der Waals surface area contributed by atoms with Crippen molar-refractivity contribution >= 4 is 22.4 Å². The maximum absolute atomic E-state index is 11.7. The topological polar surface area (TPSA) is 49.3 Å². The van der Waals surface area contributed by atoms with Crippen LogP contribution in [0.25, 0.3) is 10.8 Å². The van der Waals surface area contributed by atoms with Crippen LogP contribution in [-0.2, 0) is 4.79 Å². The van der Waals surface area contributed by atoms with E-state index in [1.807, 2.05) is 42.5 Å². The van der Waals surface area contributed by atoms with Crippen molar-refractivity contribution in [3.8, 4) is 0 Å². The molecule has 3 nitrogen and oxygen atoms in total. The molecule has 0 aliphatic rings. The molecule has 3 heteroatoms. The summed E-state index contributed by atoms with van der Waals surface area (Å²) in [5.74, 6) is -0.408. The summed E-state index contributed by atoms with van der Waals surface area (Å²) >= 11 is 0. The summed E-state index contributed by atoms with van der Waals surface area (Å²) in [5, 5.41) is 14.4. The van der Waals surface area contributed by atoms with Crippen molar-refractivity contribution in [3.05, 3.63) is 42.5 Å². The van der Waals surface area contributed by atoms with E-state index >= 15 is 0 Å². The highest BCUT2D eigenvalue weighted by Gasteiger charge is 2.23. The second-order valence-corrected chi connectivity index (χ2v) is 4.54. The quantitative estimate of drug-likeness (QED) is 0.831. The summed E-state index contributed by atoms with van der Waals surface area (Å²) in [6.45, 7) is 2.93. The van der Waals surface area contributed by atoms with Crippen molar-refractivity contribution < 1.29 is 9.90 Å². The molecule has 17 heavy (non-hydrogen) atoms. The Hall–Kier alpha value is -1.87. The largest absolute Gasteiger partial charge is 0.381 e. The predicted molar refractivity (Wildman–Crippen MR) is 68.9 cm³/mol. The van der Waals surface area contributed by atoms with Gasteiger partial charge in [-0.05, 0) is 25.3 Å². The SMILES string of the molecule is CC(C)(O)C(=O)Nc1cccc2ccccc12. The van der Waals surface area contributed by atoms with E-state index in [1.165, 1.54) is 13.8 Å². The lowest BCUT2D eigenvalue weighted by Gasteiger charge is -2.17. The number of rotatable bonds is 2. The van der Waals surface area contributed by atoms with Gasteiger partial charge in [-0.2, -0.15) is 0 Å². The molecule has 0 atom stereocenters. The van der Waals surface area contributed by atoms with Gasteiger partial charge in [-0.15, -0.1) is 0 Å². The second-order valence-electron chi connectivity index (χ2n) is 4.54. The molecule has 1 amide bonds. The summed E-state index contributed by atoms with van der Waals surface area (Å²) in [6.07, 6.45) is 0. The summed E-state index contributed by atoms with van der Waals surface area (Å²) in [4.78, 5) is 11.7. The van der Waals surface area contributed by atoms with Gasteiger partial charge in [0.15, 0.2) is 0 Å². The Balaban J connectivity index is 2.40. The molecule has 0 bridgehead atoms. The summed E-state index contributed by atoms with van der Waals surface area (Å²) < 4.78 is 0. The molecule has 0 unspecified atom stereocenters. The molecule has 2 aromatic rings. The number of carbonyl (C=O) groups is 1. The molecule has 0 spiro atoms. The highest BCUT2D eigenvalue weighted by molar-refractivity contribution is 6.04. The summed E-state index contributed by atoms with van der Waals surface area (Å²) in [7, 11) is 0. The Morgan fingerprint density at radius 3 is 2.47 bits per heavy atom. The molecule has 0 aromatic heterocycles. The second kappa shape index (κ2) is 4.18. The molecule has 0 aliphatic heterocycles. The first-order valence-electron chi connectivity index (χ1n) is 5.50. The third-order valence-corrected chi connectivity index (χ3v) is 2.59. The first kappa shape index (κ1) is 11.6. The van der Waals surface area contributed by atoms with Crippen molar-refractivity contribution in [3.63, 3.8) is 0 Å². The zero-order chi connectivity index (χ0) is 12.5. The maximum atomic E-state index is 11.7. The average Bonchev–Trinajstić information content (AvgIpc) is 2.28. The van der Waals surface area contributed by atoms with Crippen LogP contribution in [0.3, 0.4) is 0 Å². The van der Waals surface area contributed by atoms with Gasteiger partial charge in [0.25, 0.3) is 5.91 Å². The number of amides is 1. The number of benzene rings is 2. The molecule has 0 saturated heterocycles. The molecule has 88 valence electrons. The molecular weight excluding hydrogens is 214 g/mol. The first-order valence-corrected chi connectivity index (χ1v) is 5.50. The minimum Gasteiger partial charge on any atom is -0.381 e. The minimum atomic E-state index is -1.38. The highest BCUT2D eigenvalue weighted by Crippen LogP contribution is 2.23. The minimum absolute atomic E-state index is 0.408. The van der Waals surface area contributed by atoms with Gasteiger partial charge < -0.3 is 10.4 Å². The van der Waals surface area contributed by atoms with Gasteiger partial charge in [0, 0.05) is 11.1 Å². The molecule has 0 fully saturated rings. The van der Waals surface area contributed by atoms with Crippen LogP contribution in [0.1, 0.15) is 13.8 Å². The van der Waals surface area contributed by atoms with E-state index in [2.05, 4.69) is 5.32 Å². The fourth-order valence-electron chi connectivity index (χ4n) is 1.61. The predicted octanol–water partition coefficient (Wildman–Crippen LogP) is 2.55. The van der Waals surface area contributed by atoms with Gasteiger partial charge in [0.2, 0.25) is 0 Å². The lowest BCUT2D eigenvalue weighted by molar-refractivity contribution is -0.130. The van der Waals surface area contributed by atoms with Crippen LogP contribution in [0.4, 0.5) is 5.69 Å². The number of anilines is 1. The molecule has 2 N–H and O–H groups in total. The average molecular weight is 229 g/mol. The first-order chi connectivity index (χ1) is 7.98. The maximum Gasteiger partial charge on any atom is 0.255 e. The van der Waals surface area contributed by atoms with E-state index in [0.29, 0.717) is 0 Å². The van der Waals surface area contributed by atoms with E-state index in [0.717, 1.165) is 16.5 Å². The Kier molecular flexibility index (Phi) is 2.86. The van der Waals surface area contributed by atoms with Gasteiger partial charge in [-0.1, -0.05) is 36.4 Å². The number of hydrogen-bond donors (Lipinski definition) is 2. The van der Waals surface area contributed by atoms with Crippen LogP contribution >= 0.6 is 0 Å². The summed E-state index contributed by atoms with van der Waals surface area (Å²) in [5.41, 5.74) is -0.660. The smallest absolute Gasteiger partial charge is 0.255 e. The van der Waals surface area contributed by atoms with E-state index in [1.54, 1.807) is 0 Å². The number of fused-ring (bicyclic) bond motifs is 1. The third kappa shape index (κ3) is 2.45. The van der Waals surface area contributed by atoms with Gasteiger partial charge in [0.1, 0.15) is 5.60 Å². The standard InChI is InChI=1S/C14H15NO2/c1-14(2,17)13(16)15-12-9-5-7-10-6-3-4-8-11(10)12/h3-9,17H,1-2H3,(H,15,16). The molecule has 0 aliphatic carbocycles. The van der Waals surface area contributed by atoms with Crippen LogP contribution in [-0.4, -0.2) is 16.6 Å². The molecular formula is C14H15NO2. The zero-order valence-corrected chi connectivity index (χ0v) is 9.90. The van der Waals surface area contributed by atoms with E-state index < -0.39 is 11.5 Å². The molecule has 0 heterocycles. The van der Waals surface area contributed by atoms with Crippen LogP contribution < -0.4 is 5.32 Å². The number of hydrogen-bond acceptors (Lipinski definition) is 2. The van der Waals surface area contributed by atoms with Gasteiger partial charge >= 0.3 is 0 Å². The number of aliphatic hydroxyl groups is 1. The van der Waals surface area contributed by atoms with E-state index in [9.17, 15) is 9.90 Å². The van der Waals surface area contributed by atoms with Crippen LogP contribution in [0.5, 0.6) is 0 Å². The van der Waals surface area contributed by atoms with Crippen LogP contribution in [0.15, 0.2) is 42.5 Å². The molecule has 0 radical (unpaired) electrons. The van der Waals surface area contributed by atoms with Crippen LogP contribution in [0, 0.1) is 0 Å². The normalized spacial score (nSPS) is 11.5. The Morgan fingerprint density at radius 1 is 1.12 bits per heavy atom. The highest BCUT2D eigenvalue weighted by atomic mass is 16.3. The lowest BCUT2D eigenvalue weighted by atomic mass is 10.1. The molecule has 2 aromatic carbocycles. The Labute approximate surface area is 100 Å². The van der Waals surface area contributed by atoms with Crippen molar-refractivity contribution in [2.75, 3.05) is 5.32 Å².